The molecule has 1 atom stereocenters. The van der Waals surface area contributed by atoms with Crippen molar-refractivity contribution in [2.24, 2.45) is 4.99 Å². The Hall–Kier alpha value is -1.84. The number of hydrogen-bond donors (Lipinski definition) is 1. The summed E-state index contributed by atoms with van der Waals surface area (Å²) in [6.07, 6.45) is -0.227. The first kappa shape index (κ1) is 20.9. The van der Waals surface area contributed by atoms with Crippen LogP contribution in [0.5, 0.6) is 0 Å². The maximum atomic E-state index is 11.9. The summed E-state index contributed by atoms with van der Waals surface area (Å²) in [6, 6.07) is 4.62. The lowest BCUT2D eigenvalue weighted by Gasteiger charge is -2.38. The van der Waals surface area contributed by atoms with Crippen LogP contribution in [-0.4, -0.2) is 99.4 Å². The summed E-state index contributed by atoms with van der Waals surface area (Å²) in [5.74, 6) is 0.887. The summed E-state index contributed by atoms with van der Waals surface area (Å²) in [5, 5.41) is 5.69. The minimum absolute atomic E-state index is 0.227. The van der Waals surface area contributed by atoms with E-state index in [4.69, 9.17) is 9.47 Å². The van der Waals surface area contributed by atoms with Crippen molar-refractivity contribution in [3.63, 3.8) is 0 Å². The van der Waals surface area contributed by atoms with Gasteiger partial charge in [-0.15, -0.1) is 11.3 Å². The van der Waals surface area contributed by atoms with Crippen molar-refractivity contribution in [3.05, 3.63) is 22.4 Å². The van der Waals surface area contributed by atoms with Crippen molar-refractivity contribution in [1.29, 1.82) is 0 Å². The molecule has 0 spiro atoms. The van der Waals surface area contributed by atoms with E-state index >= 15 is 0 Å². The number of ether oxygens (including phenoxy) is 2. The molecule has 9 heteroatoms. The van der Waals surface area contributed by atoms with E-state index in [1.807, 2.05) is 14.0 Å². The van der Waals surface area contributed by atoms with Crippen LogP contribution in [-0.2, 0) is 9.47 Å². The maximum Gasteiger partial charge on any atom is 0.409 e. The normalized spacial score (nSPS) is 20.1. The van der Waals surface area contributed by atoms with Crippen molar-refractivity contribution in [3.8, 4) is 0 Å². The summed E-state index contributed by atoms with van der Waals surface area (Å²) in [6.45, 7) is 9.30. The summed E-state index contributed by atoms with van der Waals surface area (Å²) in [5.41, 5.74) is 0. The third kappa shape index (κ3) is 5.36. The third-order valence-corrected chi connectivity index (χ3v) is 6.10. The molecular formula is C19H31N5O3S. The van der Waals surface area contributed by atoms with E-state index in [1.54, 1.807) is 16.2 Å². The second-order valence-corrected chi connectivity index (χ2v) is 7.76. The predicted octanol–water partition coefficient (Wildman–Crippen LogP) is 1.47. The monoisotopic (exact) mass is 409 g/mol. The molecule has 28 heavy (non-hydrogen) atoms. The van der Waals surface area contributed by atoms with Gasteiger partial charge in [0.05, 0.1) is 25.9 Å². The molecule has 0 aromatic carbocycles. The molecule has 1 amide bonds. The molecule has 0 bridgehead atoms. The SMILES string of the molecule is CCOC(=O)N1CCN(C(=NC)NCC(c2cccs2)N2CCOCC2)CC1. The number of carbonyl (C=O) groups is 1. The van der Waals surface area contributed by atoms with Crippen molar-refractivity contribution in [1.82, 2.24) is 20.0 Å². The summed E-state index contributed by atoms with van der Waals surface area (Å²) in [4.78, 5) is 24.2. The average molecular weight is 410 g/mol. The van der Waals surface area contributed by atoms with E-state index in [0.29, 0.717) is 25.7 Å². The van der Waals surface area contributed by atoms with Crippen LogP contribution in [0.1, 0.15) is 17.8 Å². The number of piperazine rings is 1. The average Bonchev–Trinajstić information content (AvgIpc) is 3.27. The zero-order chi connectivity index (χ0) is 19.8. The molecule has 2 fully saturated rings. The number of morpholine rings is 1. The van der Waals surface area contributed by atoms with E-state index < -0.39 is 0 Å². The zero-order valence-electron chi connectivity index (χ0n) is 16.8. The molecule has 8 nitrogen and oxygen atoms in total. The van der Waals surface area contributed by atoms with Crippen LogP contribution in [0, 0.1) is 0 Å². The molecule has 2 aliphatic rings. The van der Waals surface area contributed by atoms with Gasteiger partial charge in [-0.3, -0.25) is 9.89 Å². The van der Waals surface area contributed by atoms with Crippen LogP contribution in [0.25, 0.3) is 0 Å². The Kier molecular flexibility index (Phi) is 7.93. The van der Waals surface area contributed by atoms with E-state index in [1.165, 1.54) is 4.88 Å². The summed E-state index contributed by atoms with van der Waals surface area (Å²) >= 11 is 1.79. The third-order valence-electron chi connectivity index (χ3n) is 5.13. The summed E-state index contributed by atoms with van der Waals surface area (Å²) in [7, 11) is 1.81. The van der Waals surface area contributed by atoms with E-state index in [0.717, 1.165) is 51.9 Å². The van der Waals surface area contributed by atoms with Crippen molar-refractivity contribution < 1.29 is 14.3 Å². The lowest BCUT2D eigenvalue weighted by molar-refractivity contribution is 0.0175. The number of hydrogen-bond acceptors (Lipinski definition) is 6. The molecule has 1 unspecified atom stereocenters. The van der Waals surface area contributed by atoms with Gasteiger partial charge in [0, 0.05) is 57.7 Å². The molecule has 2 aliphatic heterocycles. The van der Waals surface area contributed by atoms with Gasteiger partial charge in [-0.2, -0.15) is 0 Å². The molecule has 0 radical (unpaired) electrons. The minimum atomic E-state index is -0.227. The Balaban J connectivity index is 1.55. The molecule has 1 aromatic heterocycles. The number of guanidine groups is 1. The van der Waals surface area contributed by atoms with Crippen LogP contribution in [0.3, 0.4) is 0 Å². The first-order chi connectivity index (χ1) is 13.7. The van der Waals surface area contributed by atoms with Gasteiger partial charge in [0.15, 0.2) is 5.96 Å². The van der Waals surface area contributed by atoms with Gasteiger partial charge in [-0.1, -0.05) is 6.07 Å². The van der Waals surface area contributed by atoms with Crippen molar-refractivity contribution >= 4 is 23.4 Å². The summed E-state index contributed by atoms with van der Waals surface area (Å²) < 4.78 is 10.6. The second-order valence-electron chi connectivity index (χ2n) is 6.78. The molecule has 3 heterocycles. The molecule has 3 rings (SSSR count). The Morgan fingerprint density at radius 3 is 2.57 bits per heavy atom. The Morgan fingerprint density at radius 1 is 1.25 bits per heavy atom. The number of carbonyl (C=O) groups excluding carboxylic acids is 1. The molecule has 1 aromatic rings. The van der Waals surface area contributed by atoms with Gasteiger partial charge in [-0.05, 0) is 18.4 Å². The van der Waals surface area contributed by atoms with E-state index in [-0.39, 0.29) is 6.09 Å². The fourth-order valence-corrected chi connectivity index (χ4v) is 4.48. The van der Waals surface area contributed by atoms with Crippen molar-refractivity contribution in [2.45, 2.75) is 13.0 Å². The van der Waals surface area contributed by atoms with Gasteiger partial charge in [-0.25, -0.2) is 4.79 Å². The maximum absolute atomic E-state index is 11.9. The van der Waals surface area contributed by atoms with Crippen LogP contribution < -0.4 is 5.32 Å². The number of nitrogens with zero attached hydrogens (tertiary/aromatic N) is 4. The largest absolute Gasteiger partial charge is 0.450 e. The van der Waals surface area contributed by atoms with Gasteiger partial charge in [0.25, 0.3) is 0 Å². The van der Waals surface area contributed by atoms with Crippen LogP contribution in [0.4, 0.5) is 4.79 Å². The van der Waals surface area contributed by atoms with Crippen LogP contribution >= 0.6 is 11.3 Å². The van der Waals surface area contributed by atoms with Gasteiger partial charge in [0.1, 0.15) is 0 Å². The quantitative estimate of drug-likeness (QED) is 0.587. The highest BCUT2D eigenvalue weighted by Gasteiger charge is 2.26. The van der Waals surface area contributed by atoms with Gasteiger partial charge < -0.3 is 24.6 Å². The highest BCUT2D eigenvalue weighted by molar-refractivity contribution is 7.10. The molecule has 1 N–H and O–H groups in total. The smallest absolute Gasteiger partial charge is 0.409 e. The van der Waals surface area contributed by atoms with Gasteiger partial charge >= 0.3 is 6.09 Å². The molecule has 156 valence electrons. The molecule has 0 aliphatic carbocycles. The highest BCUT2D eigenvalue weighted by Crippen LogP contribution is 2.25. The number of amides is 1. The topological polar surface area (TPSA) is 69.6 Å². The molecule has 2 saturated heterocycles. The standard InChI is InChI=1S/C19H31N5O3S/c1-3-27-19(25)24-8-6-23(7-9-24)18(20-2)21-15-16(17-5-4-14-28-17)22-10-12-26-13-11-22/h4-5,14,16H,3,6-13,15H2,1-2H3,(H,20,21). The molecule has 0 saturated carbocycles. The lowest BCUT2D eigenvalue weighted by Crippen LogP contribution is -2.54. The number of rotatable bonds is 5. The first-order valence-electron chi connectivity index (χ1n) is 9.95. The van der Waals surface area contributed by atoms with Crippen LogP contribution in [0.15, 0.2) is 22.5 Å². The number of thiophene rings is 1. The van der Waals surface area contributed by atoms with Gasteiger partial charge in [0.2, 0.25) is 0 Å². The lowest BCUT2D eigenvalue weighted by atomic mass is 10.2. The van der Waals surface area contributed by atoms with E-state index in [9.17, 15) is 4.79 Å². The number of aliphatic imine (C=N–C) groups is 1. The molecular weight excluding hydrogens is 378 g/mol. The fraction of sp³-hybridized carbons (Fsp3) is 0.684. The minimum Gasteiger partial charge on any atom is -0.450 e. The Morgan fingerprint density at radius 2 is 1.96 bits per heavy atom. The zero-order valence-corrected chi connectivity index (χ0v) is 17.6. The first-order valence-corrected chi connectivity index (χ1v) is 10.8. The van der Waals surface area contributed by atoms with Crippen LogP contribution in [0.2, 0.25) is 0 Å². The second kappa shape index (κ2) is 10.6. The van der Waals surface area contributed by atoms with Crippen molar-refractivity contribution in [2.75, 3.05) is 72.7 Å². The number of nitrogens with one attached hydrogen (secondary N) is 1. The Bertz CT molecular complexity index is 626. The van der Waals surface area contributed by atoms with E-state index in [2.05, 4.69) is 37.6 Å². The highest BCUT2D eigenvalue weighted by atomic mass is 32.1. The fourth-order valence-electron chi connectivity index (χ4n) is 3.62. The Labute approximate surface area is 171 Å². The predicted molar refractivity (Wildman–Crippen MR) is 111 cm³/mol.